The highest BCUT2D eigenvalue weighted by molar-refractivity contribution is 5.95. The van der Waals surface area contributed by atoms with Gasteiger partial charge >= 0.3 is 5.97 Å². The lowest BCUT2D eigenvalue weighted by molar-refractivity contribution is 0.0601. The summed E-state index contributed by atoms with van der Waals surface area (Å²) in [5.74, 6) is -0.364. The smallest absolute Gasteiger partial charge is 0.339 e. The topological polar surface area (TPSA) is 76.4 Å². The number of anilines is 1. The van der Waals surface area contributed by atoms with Gasteiger partial charge < -0.3 is 15.2 Å². The Kier molecular flexibility index (Phi) is 4.94. The fourth-order valence-electron chi connectivity index (χ4n) is 2.01. The molecule has 0 fully saturated rings. The normalized spacial score (nSPS) is 10.4. The van der Waals surface area contributed by atoms with Crippen LogP contribution in [-0.4, -0.2) is 34.6 Å². The molecule has 0 spiro atoms. The van der Waals surface area contributed by atoms with Gasteiger partial charge in [0.15, 0.2) is 0 Å². The van der Waals surface area contributed by atoms with Crippen molar-refractivity contribution in [3.05, 3.63) is 47.3 Å². The molecule has 0 saturated heterocycles. The fourth-order valence-corrected chi connectivity index (χ4v) is 2.01. The summed E-state index contributed by atoms with van der Waals surface area (Å²) in [7, 11) is 1.37. The number of rotatable bonds is 6. The molecule has 1 aromatic heterocycles. The number of esters is 1. The highest BCUT2D eigenvalue weighted by Crippen LogP contribution is 2.19. The molecule has 0 atom stereocenters. The van der Waals surface area contributed by atoms with Crippen molar-refractivity contribution in [1.29, 1.82) is 0 Å². The van der Waals surface area contributed by atoms with Crippen LogP contribution >= 0.6 is 0 Å². The van der Waals surface area contributed by atoms with Crippen molar-refractivity contribution in [3.63, 3.8) is 0 Å². The predicted octanol–water partition coefficient (Wildman–Crippen LogP) is 1.58. The fraction of sp³-hybridized carbons (Fsp3) is 0.333. The second kappa shape index (κ2) is 6.90. The van der Waals surface area contributed by atoms with Crippen LogP contribution in [0.3, 0.4) is 0 Å². The van der Waals surface area contributed by atoms with Gasteiger partial charge in [-0.15, -0.1) is 0 Å². The molecule has 0 aliphatic carbocycles. The lowest BCUT2D eigenvalue weighted by Crippen LogP contribution is -2.08. The minimum absolute atomic E-state index is 0.0546. The van der Waals surface area contributed by atoms with Gasteiger partial charge in [-0.05, 0) is 19.1 Å². The zero-order chi connectivity index (χ0) is 15.2. The average molecular weight is 289 g/mol. The lowest BCUT2D eigenvalue weighted by Gasteiger charge is -2.10. The Labute approximate surface area is 123 Å². The molecule has 0 unspecified atom stereocenters. The SMILES string of the molecule is COC(=O)c1cc(C)ccc1NCc1cnn(CCO)c1. The number of aliphatic hydroxyl groups is 1. The monoisotopic (exact) mass is 289 g/mol. The molecule has 1 heterocycles. The number of carbonyl (C=O) groups excluding carboxylic acids is 1. The largest absolute Gasteiger partial charge is 0.465 e. The summed E-state index contributed by atoms with van der Waals surface area (Å²) in [4.78, 5) is 11.8. The molecule has 0 saturated carbocycles. The van der Waals surface area contributed by atoms with Crippen LogP contribution in [0.15, 0.2) is 30.6 Å². The van der Waals surface area contributed by atoms with E-state index in [-0.39, 0.29) is 12.6 Å². The number of nitrogens with zero attached hydrogens (tertiary/aromatic N) is 2. The number of hydrogen-bond acceptors (Lipinski definition) is 5. The quantitative estimate of drug-likeness (QED) is 0.790. The first kappa shape index (κ1) is 15.1. The number of aromatic nitrogens is 2. The van der Waals surface area contributed by atoms with Crippen molar-refractivity contribution >= 4 is 11.7 Å². The number of nitrogens with one attached hydrogen (secondary N) is 1. The molecule has 0 bridgehead atoms. The van der Waals surface area contributed by atoms with Crippen LogP contribution in [0.5, 0.6) is 0 Å². The summed E-state index contributed by atoms with van der Waals surface area (Å²) in [5, 5.41) is 16.2. The van der Waals surface area contributed by atoms with E-state index >= 15 is 0 Å². The Bertz CT molecular complexity index is 622. The standard InChI is InChI=1S/C15H19N3O3/c1-11-3-4-14(13(7-11)15(20)21-2)16-8-12-9-17-18(10-12)5-6-19/h3-4,7,9-10,16,19H,5-6,8H2,1-2H3. The highest BCUT2D eigenvalue weighted by atomic mass is 16.5. The van der Waals surface area contributed by atoms with Crippen molar-refractivity contribution < 1.29 is 14.6 Å². The average Bonchev–Trinajstić information content (AvgIpc) is 2.93. The molecule has 1 aromatic carbocycles. The van der Waals surface area contributed by atoms with E-state index in [1.165, 1.54) is 7.11 Å². The highest BCUT2D eigenvalue weighted by Gasteiger charge is 2.12. The van der Waals surface area contributed by atoms with Gasteiger partial charge in [-0.3, -0.25) is 4.68 Å². The second-order valence-electron chi connectivity index (χ2n) is 4.73. The van der Waals surface area contributed by atoms with E-state index in [1.807, 2.05) is 25.3 Å². The number of ether oxygens (including phenoxy) is 1. The van der Waals surface area contributed by atoms with Crippen LogP contribution in [-0.2, 0) is 17.8 Å². The third-order valence-electron chi connectivity index (χ3n) is 3.08. The van der Waals surface area contributed by atoms with Gasteiger partial charge in [-0.25, -0.2) is 4.79 Å². The van der Waals surface area contributed by atoms with Crippen molar-refractivity contribution in [2.45, 2.75) is 20.0 Å². The minimum atomic E-state index is -0.364. The molecule has 21 heavy (non-hydrogen) atoms. The van der Waals surface area contributed by atoms with Gasteiger partial charge in [0.05, 0.1) is 32.0 Å². The molecule has 0 radical (unpaired) electrons. The number of carbonyl (C=O) groups is 1. The first-order valence-corrected chi connectivity index (χ1v) is 6.69. The van der Waals surface area contributed by atoms with Gasteiger partial charge in [0, 0.05) is 24.0 Å². The Morgan fingerprint density at radius 3 is 3.00 bits per heavy atom. The molecule has 112 valence electrons. The van der Waals surface area contributed by atoms with Gasteiger partial charge in [-0.2, -0.15) is 5.10 Å². The number of benzene rings is 1. The van der Waals surface area contributed by atoms with Gasteiger partial charge in [0.25, 0.3) is 0 Å². The maximum atomic E-state index is 11.8. The zero-order valence-corrected chi connectivity index (χ0v) is 12.2. The van der Waals surface area contributed by atoms with E-state index in [1.54, 1.807) is 16.9 Å². The first-order chi connectivity index (χ1) is 10.1. The molecule has 0 aliphatic rings. The molecule has 2 aromatic rings. The third-order valence-corrected chi connectivity index (χ3v) is 3.08. The van der Waals surface area contributed by atoms with E-state index in [4.69, 9.17) is 9.84 Å². The number of aliphatic hydroxyl groups excluding tert-OH is 1. The van der Waals surface area contributed by atoms with Gasteiger partial charge in [0.1, 0.15) is 0 Å². The molecular formula is C15H19N3O3. The number of aryl methyl sites for hydroxylation is 1. The van der Waals surface area contributed by atoms with Crippen molar-refractivity contribution in [3.8, 4) is 0 Å². The lowest BCUT2D eigenvalue weighted by atomic mass is 10.1. The van der Waals surface area contributed by atoms with Crippen LogP contribution < -0.4 is 5.32 Å². The molecule has 2 N–H and O–H groups in total. The first-order valence-electron chi connectivity index (χ1n) is 6.69. The van der Waals surface area contributed by atoms with Crippen molar-refractivity contribution in [1.82, 2.24) is 9.78 Å². The summed E-state index contributed by atoms with van der Waals surface area (Å²) < 4.78 is 6.47. The number of hydrogen-bond donors (Lipinski definition) is 2. The van der Waals surface area contributed by atoms with Crippen molar-refractivity contribution in [2.75, 3.05) is 19.0 Å². The van der Waals surface area contributed by atoms with Crippen LogP contribution in [0.2, 0.25) is 0 Å². The minimum Gasteiger partial charge on any atom is -0.465 e. The van der Waals surface area contributed by atoms with E-state index in [0.717, 1.165) is 16.8 Å². The van der Waals surface area contributed by atoms with Crippen LogP contribution in [0.25, 0.3) is 0 Å². The summed E-state index contributed by atoms with van der Waals surface area (Å²) >= 11 is 0. The summed E-state index contributed by atoms with van der Waals surface area (Å²) in [6.07, 6.45) is 3.59. The molecular weight excluding hydrogens is 270 g/mol. The molecule has 6 heteroatoms. The summed E-state index contributed by atoms with van der Waals surface area (Å²) in [6.45, 7) is 2.99. The molecule has 0 amide bonds. The Morgan fingerprint density at radius 2 is 2.29 bits per heavy atom. The Balaban J connectivity index is 2.10. The molecule has 0 aliphatic heterocycles. The van der Waals surface area contributed by atoms with Gasteiger partial charge in [0.2, 0.25) is 0 Å². The molecule has 2 rings (SSSR count). The van der Waals surface area contributed by atoms with E-state index in [2.05, 4.69) is 10.4 Å². The zero-order valence-electron chi connectivity index (χ0n) is 12.2. The summed E-state index contributed by atoms with van der Waals surface area (Å²) in [6, 6.07) is 5.59. The maximum absolute atomic E-state index is 11.8. The summed E-state index contributed by atoms with van der Waals surface area (Å²) in [5.41, 5.74) is 3.21. The van der Waals surface area contributed by atoms with Crippen molar-refractivity contribution in [2.24, 2.45) is 0 Å². The Hall–Kier alpha value is -2.34. The van der Waals surface area contributed by atoms with Crippen LogP contribution in [0.1, 0.15) is 21.5 Å². The number of methoxy groups -OCH3 is 1. The molecule has 6 nitrogen and oxygen atoms in total. The van der Waals surface area contributed by atoms with Gasteiger partial charge in [-0.1, -0.05) is 11.6 Å². The van der Waals surface area contributed by atoms with E-state index in [0.29, 0.717) is 18.7 Å². The Morgan fingerprint density at radius 1 is 1.48 bits per heavy atom. The second-order valence-corrected chi connectivity index (χ2v) is 4.73. The third kappa shape index (κ3) is 3.82. The van der Waals surface area contributed by atoms with Crippen LogP contribution in [0, 0.1) is 6.92 Å². The predicted molar refractivity (Wildman–Crippen MR) is 79.2 cm³/mol. The maximum Gasteiger partial charge on any atom is 0.339 e. The van der Waals surface area contributed by atoms with Crippen LogP contribution in [0.4, 0.5) is 5.69 Å². The van der Waals surface area contributed by atoms with E-state index < -0.39 is 0 Å². The van der Waals surface area contributed by atoms with E-state index in [9.17, 15) is 4.79 Å².